The number of fused-ring (bicyclic) bond motifs is 2. The maximum absolute atomic E-state index is 13.0. The molecule has 0 atom stereocenters. The van der Waals surface area contributed by atoms with Crippen LogP contribution in [0.25, 0.3) is 5.65 Å². The second-order valence-corrected chi connectivity index (χ2v) is 6.15. The number of pyridine rings is 1. The zero-order chi connectivity index (χ0) is 17.4. The van der Waals surface area contributed by atoms with Crippen LogP contribution in [0.2, 0.25) is 0 Å². The first kappa shape index (κ1) is 15.7. The smallest absolute Gasteiger partial charge is 0.233 e. The molecule has 0 radical (unpaired) electrons. The maximum Gasteiger partial charge on any atom is 0.233 e. The number of carbonyl (C=O) groups excluding carboxylic acids is 1. The van der Waals surface area contributed by atoms with E-state index in [9.17, 15) is 4.79 Å². The Morgan fingerprint density at radius 1 is 1.32 bits per heavy atom. The van der Waals surface area contributed by atoms with Gasteiger partial charge in [-0.15, -0.1) is 0 Å². The highest BCUT2D eigenvalue weighted by molar-refractivity contribution is 5.96. The summed E-state index contributed by atoms with van der Waals surface area (Å²) in [4.78, 5) is 19.3. The van der Waals surface area contributed by atoms with Gasteiger partial charge >= 0.3 is 0 Å². The minimum atomic E-state index is 0.0406. The Morgan fingerprint density at radius 2 is 2.20 bits per heavy atom. The molecule has 2 N–H and O–H groups in total. The fourth-order valence-corrected chi connectivity index (χ4v) is 3.27. The molecule has 0 bridgehead atoms. The molecule has 0 unspecified atom stereocenters. The highest BCUT2D eigenvalue weighted by Gasteiger charge is 2.25. The van der Waals surface area contributed by atoms with Crippen molar-refractivity contribution in [2.45, 2.75) is 19.9 Å². The van der Waals surface area contributed by atoms with Gasteiger partial charge in [-0.2, -0.15) is 0 Å². The van der Waals surface area contributed by atoms with Crippen molar-refractivity contribution in [2.24, 2.45) is 5.73 Å². The Morgan fingerprint density at radius 3 is 3.04 bits per heavy atom. The normalized spacial score (nSPS) is 13.6. The highest BCUT2D eigenvalue weighted by Crippen LogP contribution is 2.33. The summed E-state index contributed by atoms with van der Waals surface area (Å²) in [6, 6.07) is 11.6. The molecule has 0 saturated heterocycles. The van der Waals surface area contributed by atoms with Gasteiger partial charge < -0.3 is 19.8 Å². The second-order valence-electron chi connectivity index (χ2n) is 6.15. The number of nitrogens with zero attached hydrogens (tertiary/aromatic N) is 3. The second kappa shape index (κ2) is 6.22. The minimum absolute atomic E-state index is 0.0406. The Balaban J connectivity index is 1.65. The predicted octanol–water partition coefficient (Wildman–Crippen LogP) is 2.07. The van der Waals surface area contributed by atoms with Crippen LogP contribution in [-0.2, 0) is 17.8 Å². The molecule has 1 aromatic carbocycles. The number of rotatable bonds is 3. The van der Waals surface area contributed by atoms with Gasteiger partial charge in [-0.1, -0.05) is 12.1 Å². The van der Waals surface area contributed by atoms with Gasteiger partial charge in [0.15, 0.2) is 0 Å². The highest BCUT2D eigenvalue weighted by atomic mass is 16.5. The average Bonchev–Trinajstić information content (AvgIpc) is 2.96. The summed E-state index contributed by atoms with van der Waals surface area (Å²) in [5, 5.41) is 0. The maximum atomic E-state index is 13.0. The summed E-state index contributed by atoms with van der Waals surface area (Å²) in [7, 11) is 0. The van der Waals surface area contributed by atoms with E-state index in [1.807, 2.05) is 53.9 Å². The molecule has 1 aliphatic rings. The zero-order valence-corrected chi connectivity index (χ0v) is 14.1. The average molecular weight is 336 g/mol. The van der Waals surface area contributed by atoms with Crippen molar-refractivity contribution in [3.05, 3.63) is 59.5 Å². The number of benzene rings is 1. The lowest BCUT2D eigenvalue weighted by atomic mass is 10.1. The summed E-state index contributed by atoms with van der Waals surface area (Å²) in [6.07, 6.45) is 2.24. The molecule has 6 heteroatoms. The number of imidazole rings is 1. The molecule has 0 fully saturated rings. The van der Waals surface area contributed by atoms with E-state index >= 15 is 0 Å². The largest absolute Gasteiger partial charge is 0.490 e. The van der Waals surface area contributed by atoms with Crippen LogP contribution in [0.3, 0.4) is 0 Å². The summed E-state index contributed by atoms with van der Waals surface area (Å²) >= 11 is 0. The summed E-state index contributed by atoms with van der Waals surface area (Å²) in [5.41, 5.74) is 10.2. The Kier molecular flexibility index (Phi) is 3.89. The number of amides is 1. The third-order valence-electron chi connectivity index (χ3n) is 4.57. The number of ether oxygens (including phenoxy) is 1. The molecule has 0 saturated carbocycles. The molecule has 1 amide bonds. The van der Waals surface area contributed by atoms with Crippen molar-refractivity contribution in [3.63, 3.8) is 0 Å². The third-order valence-corrected chi connectivity index (χ3v) is 4.57. The van der Waals surface area contributed by atoms with Crippen molar-refractivity contribution in [3.8, 4) is 5.75 Å². The van der Waals surface area contributed by atoms with Gasteiger partial charge in [0, 0.05) is 12.7 Å². The monoisotopic (exact) mass is 336 g/mol. The fraction of sp³-hybridized carbons (Fsp3) is 0.263. The van der Waals surface area contributed by atoms with Gasteiger partial charge in [0.1, 0.15) is 18.0 Å². The molecule has 0 spiro atoms. The van der Waals surface area contributed by atoms with E-state index in [0.29, 0.717) is 26.1 Å². The molecule has 25 heavy (non-hydrogen) atoms. The Hall–Kier alpha value is -2.86. The summed E-state index contributed by atoms with van der Waals surface area (Å²) in [5.74, 6) is 0.760. The van der Waals surface area contributed by atoms with Crippen LogP contribution in [-0.4, -0.2) is 28.4 Å². The van der Waals surface area contributed by atoms with Crippen molar-refractivity contribution >= 4 is 17.2 Å². The number of aromatic nitrogens is 2. The molecule has 3 aromatic rings. The number of hydrogen-bond acceptors (Lipinski definition) is 4. The molecule has 128 valence electrons. The van der Waals surface area contributed by atoms with E-state index in [1.54, 1.807) is 4.90 Å². The SMILES string of the molecule is Cc1nc2ccccn2c1CC(=O)N1CCOc2cc(CN)ccc21. The number of aryl methyl sites for hydroxylation is 1. The lowest BCUT2D eigenvalue weighted by Gasteiger charge is -2.30. The van der Waals surface area contributed by atoms with Gasteiger partial charge in [0.2, 0.25) is 5.91 Å². The molecule has 1 aliphatic heterocycles. The van der Waals surface area contributed by atoms with E-state index in [1.165, 1.54) is 0 Å². The van der Waals surface area contributed by atoms with Crippen LogP contribution in [0.4, 0.5) is 5.69 Å². The van der Waals surface area contributed by atoms with Crippen molar-refractivity contribution in [1.29, 1.82) is 0 Å². The van der Waals surface area contributed by atoms with Gasteiger partial charge in [0.05, 0.1) is 30.0 Å². The van der Waals surface area contributed by atoms with Crippen LogP contribution in [0.5, 0.6) is 5.75 Å². The van der Waals surface area contributed by atoms with E-state index in [0.717, 1.165) is 34.0 Å². The van der Waals surface area contributed by atoms with Crippen LogP contribution in [0.15, 0.2) is 42.6 Å². The molecule has 0 aliphatic carbocycles. The predicted molar refractivity (Wildman–Crippen MR) is 95.8 cm³/mol. The van der Waals surface area contributed by atoms with Crippen LogP contribution >= 0.6 is 0 Å². The fourth-order valence-electron chi connectivity index (χ4n) is 3.27. The molecule has 3 heterocycles. The van der Waals surface area contributed by atoms with Crippen LogP contribution < -0.4 is 15.4 Å². The van der Waals surface area contributed by atoms with Crippen molar-refractivity contribution in [1.82, 2.24) is 9.38 Å². The molecular formula is C19H20N4O2. The summed E-state index contributed by atoms with van der Waals surface area (Å²) < 4.78 is 7.69. The molecule has 6 nitrogen and oxygen atoms in total. The first-order valence-corrected chi connectivity index (χ1v) is 8.36. The minimum Gasteiger partial charge on any atom is -0.490 e. The Labute approximate surface area is 145 Å². The van der Waals surface area contributed by atoms with E-state index in [2.05, 4.69) is 4.98 Å². The van der Waals surface area contributed by atoms with Crippen molar-refractivity contribution < 1.29 is 9.53 Å². The van der Waals surface area contributed by atoms with Crippen molar-refractivity contribution in [2.75, 3.05) is 18.1 Å². The van der Waals surface area contributed by atoms with Gasteiger partial charge in [-0.3, -0.25) is 4.79 Å². The molecular weight excluding hydrogens is 316 g/mol. The van der Waals surface area contributed by atoms with Crippen LogP contribution in [0, 0.1) is 6.92 Å². The van der Waals surface area contributed by atoms with Gasteiger partial charge in [0.25, 0.3) is 0 Å². The molecule has 2 aromatic heterocycles. The lowest BCUT2D eigenvalue weighted by Crippen LogP contribution is -2.39. The lowest BCUT2D eigenvalue weighted by molar-refractivity contribution is -0.118. The van der Waals surface area contributed by atoms with E-state index < -0.39 is 0 Å². The van der Waals surface area contributed by atoms with Gasteiger partial charge in [-0.25, -0.2) is 4.98 Å². The first-order valence-electron chi connectivity index (χ1n) is 8.36. The standard InChI is InChI=1S/C19H20N4O2/c1-13-16(22-7-3-2-4-18(22)21-13)11-19(24)23-8-9-25-17-10-14(12-20)5-6-15(17)23/h2-7,10H,8-9,11-12,20H2,1H3. The van der Waals surface area contributed by atoms with Crippen LogP contribution in [0.1, 0.15) is 17.0 Å². The molecule has 4 rings (SSSR count). The number of nitrogens with two attached hydrogens (primary N) is 1. The number of carbonyl (C=O) groups is 1. The quantitative estimate of drug-likeness (QED) is 0.795. The van der Waals surface area contributed by atoms with Gasteiger partial charge in [-0.05, 0) is 36.8 Å². The Bertz CT molecular complexity index is 948. The number of anilines is 1. The third kappa shape index (κ3) is 2.74. The van der Waals surface area contributed by atoms with E-state index in [-0.39, 0.29) is 5.91 Å². The zero-order valence-electron chi connectivity index (χ0n) is 14.1. The summed E-state index contributed by atoms with van der Waals surface area (Å²) in [6.45, 7) is 3.42. The topological polar surface area (TPSA) is 72.9 Å². The number of hydrogen-bond donors (Lipinski definition) is 1. The first-order chi connectivity index (χ1) is 12.2. The van der Waals surface area contributed by atoms with E-state index in [4.69, 9.17) is 10.5 Å².